The van der Waals surface area contributed by atoms with Crippen LogP contribution >= 0.6 is 0 Å². The zero-order chi connectivity index (χ0) is 63.9. The highest BCUT2D eigenvalue weighted by Crippen LogP contribution is 2.39. The Morgan fingerprint density at radius 1 is 0.463 bits per heavy atom. The molecule has 0 spiro atoms. The molecule has 0 aliphatic rings. The molecule has 11 aromatic carbocycles. The summed E-state index contributed by atoms with van der Waals surface area (Å²) in [7, 11) is -2.84. The van der Waals surface area contributed by atoms with Crippen molar-refractivity contribution in [2.24, 2.45) is 0 Å². The van der Waals surface area contributed by atoms with Crippen LogP contribution in [0.5, 0.6) is 11.5 Å². The summed E-state index contributed by atoms with van der Waals surface area (Å²) < 4.78 is 101. The molecule has 82 heavy (non-hydrogen) atoms. The van der Waals surface area contributed by atoms with Gasteiger partial charge in [-0.3, -0.25) is 13.7 Å². The van der Waals surface area contributed by atoms with Gasteiger partial charge in [0.05, 0.1) is 47.1 Å². The summed E-state index contributed by atoms with van der Waals surface area (Å²) >= 11 is 0. The smallest absolute Gasteiger partial charge is 0.269 e. The molecule has 0 aliphatic carbocycles. The second-order valence-corrected chi connectivity index (χ2v) is 25.2. The van der Waals surface area contributed by atoms with Gasteiger partial charge < -0.3 is 4.74 Å². The Bertz CT molecular complexity index is 5020. The number of hydrogen-bond acceptors (Lipinski definition) is 2. The minimum atomic E-state index is -2.84. The number of nitrogens with zero attached hydrogens (tertiary/aromatic N) is 4. The third kappa shape index (κ3) is 8.90. The number of aromatic nitrogens is 4. The van der Waals surface area contributed by atoms with Crippen LogP contribution in [0.4, 0.5) is 0 Å². The van der Waals surface area contributed by atoms with E-state index in [0.29, 0.717) is 28.2 Å². The highest BCUT2D eigenvalue weighted by Gasteiger charge is 2.41. The van der Waals surface area contributed by atoms with E-state index in [2.05, 4.69) is 189 Å². The normalized spacial score (nSPS) is 13.5. The summed E-state index contributed by atoms with van der Waals surface area (Å²) in [6.45, 7) is 6.59. The zero-order valence-electron chi connectivity index (χ0n) is 55.2. The van der Waals surface area contributed by atoms with Gasteiger partial charge in [0, 0.05) is 23.0 Å². The second kappa shape index (κ2) is 20.8. The van der Waals surface area contributed by atoms with Crippen LogP contribution in [-0.2, 0) is 5.41 Å². The van der Waals surface area contributed by atoms with E-state index in [1.54, 1.807) is 22.8 Å². The van der Waals surface area contributed by atoms with Crippen molar-refractivity contribution in [3.8, 4) is 62.1 Å². The number of rotatable bonds is 12. The Balaban J connectivity index is 0.902. The van der Waals surface area contributed by atoms with E-state index in [4.69, 9.17) is 23.4 Å². The lowest BCUT2D eigenvalue weighted by Gasteiger charge is -2.34. The number of benzene rings is 11. The summed E-state index contributed by atoms with van der Waals surface area (Å²) in [6, 6.07) is 73.5. The standard InChI is InChI=1S/C76H58N4OSi/c1-76(2,3)58-46-47-77-74(50-58)80-70-45-42-57(56-28-21-37-65(48-56)82(62-31-13-6-14-32-62,63-33-15-7-16-34-63)64-35-17-8-18-36-64)49-69(70)68-44-43-61(52-73(68)80)81-60-30-22-29-59(51-60)78-53-79(72-41-20-19-40-71(72)78)75-66(54-24-9-4-10-25-54)38-23-39-67(75)55-26-11-5-12-27-55/h4-52H,1-3H3/i4D,5D,9D,10D,11D,12D,24D,25D,26D,27D. The minimum absolute atomic E-state index is 0.137. The first-order valence-electron chi connectivity index (χ1n) is 32.3. The Morgan fingerprint density at radius 3 is 1.71 bits per heavy atom. The molecule has 0 unspecified atom stereocenters. The lowest BCUT2D eigenvalue weighted by atomic mass is 9.88. The average molecular weight is 1080 g/mol. The van der Waals surface area contributed by atoms with Gasteiger partial charge in [-0.1, -0.05) is 251 Å². The van der Waals surface area contributed by atoms with Crippen molar-refractivity contribution in [1.82, 2.24) is 14.1 Å². The van der Waals surface area contributed by atoms with Gasteiger partial charge in [-0.2, -0.15) is 0 Å². The molecular formula is C76H58N4OSi. The van der Waals surface area contributed by atoms with Crippen LogP contribution in [-0.4, -0.2) is 22.2 Å². The quantitative estimate of drug-likeness (QED) is 0.0529. The monoisotopic (exact) mass is 1080 g/mol. The zero-order valence-corrected chi connectivity index (χ0v) is 46.2. The fraction of sp³-hybridized carbons (Fsp3) is 0.0526. The molecule has 0 radical (unpaired) electrons. The Morgan fingerprint density at radius 2 is 1.05 bits per heavy atom. The lowest BCUT2D eigenvalue weighted by Crippen LogP contribution is -2.74. The molecule has 0 saturated carbocycles. The maximum Gasteiger partial charge on any atom is 0.269 e. The molecule has 3 heterocycles. The minimum Gasteiger partial charge on any atom is -0.458 e. The second-order valence-electron chi connectivity index (χ2n) is 21.4. The van der Waals surface area contributed by atoms with E-state index in [-0.39, 0.29) is 33.4 Å². The van der Waals surface area contributed by atoms with Gasteiger partial charge >= 0.3 is 0 Å². The summed E-state index contributed by atoms with van der Waals surface area (Å²) in [5.41, 5.74) is 7.03. The molecule has 0 saturated heterocycles. The van der Waals surface area contributed by atoms with Gasteiger partial charge in [-0.25, -0.2) is 4.98 Å². The van der Waals surface area contributed by atoms with E-state index >= 15 is 0 Å². The Labute approximate surface area is 494 Å². The molecule has 6 heteroatoms. The maximum atomic E-state index is 9.13. The molecule has 0 N–H and O–H groups in total. The predicted molar refractivity (Wildman–Crippen MR) is 341 cm³/mol. The molecule has 0 atom stereocenters. The summed E-state index contributed by atoms with van der Waals surface area (Å²) in [5, 5.41) is 7.23. The van der Waals surface area contributed by atoms with Gasteiger partial charge in [0.15, 0.2) is 8.07 Å². The van der Waals surface area contributed by atoms with Crippen LogP contribution in [0.2, 0.25) is 0 Å². The van der Waals surface area contributed by atoms with Crippen molar-refractivity contribution in [3.05, 3.63) is 309 Å². The third-order valence-corrected chi connectivity index (χ3v) is 20.3. The van der Waals surface area contributed by atoms with Crippen LogP contribution < -0.4 is 30.1 Å². The third-order valence-electron chi connectivity index (χ3n) is 15.5. The predicted octanol–water partition coefficient (Wildman–Crippen LogP) is 15.7. The van der Waals surface area contributed by atoms with Crippen LogP contribution in [0.3, 0.4) is 0 Å². The highest BCUT2D eigenvalue weighted by molar-refractivity contribution is 7.19. The van der Waals surface area contributed by atoms with E-state index in [1.165, 1.54) is 20.7 Å². The first-order chi connectivity index (χ1) is 44.4. The molecule has 3 aromatic heterocycles. The SMILES string of the molecule is [2H]c1c([2H])c([2H])c(-c2cccc(-c3c([2H])c([2H])c([2H])c([2H])c3[2H])c2-[n+]2[c-]n(-c3cccc(Oc4ccc5c6cc(-c7cccc([Si](c8ccccc8)(c8ccccc8)c8ccccc8)c7)ccc6n(-c6cc(C(C)(C)C)ccn6)c5c4)c3)c3ccccc32)c([2H])c1[2H]. The number of imidazole rings is 1. The van der Waals surface area contributed by atoms with Gasteiger partial charge in [-0.05, 0) is 120 Å². The number of pyridine rings is 1. The number of para-hydroxylation sites is 3. The molecule has 0 amide bonds. The Hall–Kier alpha value is -10.1. The molecule has 392 valence electrons. The molecule has 0 fully saturated rings. The van der Waals surface area contributed by atoms with Crippen LogP contribution in [0, 0.1) is 6.33 Å². The van der Waals surface area contributed by atoms with E-state index in [1.807, 2.05) is 65.4 Å². The largest absolute Gasteiger partial charge is 0.458 e. The Kier molecular flexibility index (Phi) is 10.2. The highest BCUT2D eigenvalue weighted by atomic mass is 28.3. The van der Waals surface area contributed by atoms with Crippen molar-refractivity contribution in [2.45, 2.75) is 26.2 Å². The van der Waals surface area contributed by atoms with Gasteiger partial charge in [0.1, 0.15) is 17.3 Å². The van der Waals surface area contributed by atoms with Crippen molar-refractivity contribution in [3.63, 3.8) is 0 Å². The van der Waals surface area contributed by atoms with Crippen LogP contribution in [0.25, 0.3) is 83.4 Å². The van der Waals surface area contributed by atoms with E-state index < -0.39 is 68.5 Å². The topological polar surface area (TPSA) is 35.9 Å². The molecule has 14 rings (SSSR count). The van der Waals surface area contributed by atoms with Crippen molar-refractivity contribution >= 4 is 61.7 Å². The van der Waals surface area contributed by atoms with Gasteiger partial charge in [-0.15, -0.1) is 0 Å². The maximum absolute atomic E-state index is 9.13. The van der Waals surface area contributed by atoms with Crippen molar-refractivity contribution < 1.29 is 23.0 Å². The van der Waals surface area contributed by atoms with Crippen molar-refractivity contribution in [1.29, 1.82) is 0 Å². The van der Waals surface area contributed by atoms with E-state index in [0.717, 1.165) is 44.3 Å². The fourth-order valence-electron chi connectivity index (χ4n) is 11.7. The molecule has 14 aromatic rings. The summed E-state index contributed by atoms with van der Waals surface area (Å²) in [6.07, 6.45) is 5.36. The molecule has 0 aliphatic heterocycles. The average Bonchev–Trinajstić information content (AvgIpc) is 1.49. The number of fused-ring (bicyclic) bond motifs is 4. The lowest BCUT2D eigenvalue weighted by molar-refractivity contribution is -0.571. The summed E-state index contributed by atoms with van der Waals surface area (Å²) in [5.74, 6) is 1.83. The molecular weight excluding hydrogens is 1010 g/mol. The molecule has 0 bridgehead atoms. The van der Waals surface area contributed by atoms with Crippen LogP contribution in [0.15, 0.2) is 297 Å². The van der Waals surface area contributed by atoms with E-state index in [9.17, 15) is 0 Å². The van der Waals surface area contributed by atoms with Crippen LogP contribution in [0.1, 0.15) is 40.0 Å². The first kappa shape index (κ1) is 40.1. The number of hydrogen-bond donors (Lipinski definition) is 0. The first-order valence-corrected chi connectivity index (χ1v) is 29.3. The van der Waals surface area contributed by atoms with Gasteiger partial charge in [0.25, 0.3) is 6.33 Å². The van der Waals surface area contributed by atoms with Gasteiger partial charge in [0.2, 0.25) is 0 Å². The number of ether oxygens (including phenoxy) is 1. The fourth-order valence-corrected chi connectivity index (χ4v) is 16.5. The molecule has 5 nitrogen and oxygen atoms in total. The summed E-state index contributed by atoms with van der Waals surface area (Å²) in [4.78, 5) is 5.03. The van der Waals surface area contributed by atoms with Crippen molar-refractivity contribution in [2.75, 3.05) is 0 Å².